The van der Waals surface area contributed by atoms with Gasteiger partial charge in [-0.2, -0.15) is 0 Å². The number of aliphatic carboxylic acids is 1. The van der Waals surface area contributed by atoms with Crippen LogP contribution in [0, 0.1) is 0 Å². The maximum atomic E-state index is 12.5. The summed E-state index contributed by atoms with van der Waals surface area (Å²) >= 11 is 0. The van der Waals surface area contributed by atoms with E-state index in [0.29, 0.717) is 12.8 Å². The Hall–Kier alpha value is -2.10. The Bertz CT molecular complexity index is 839. The third-order valence-electron chi connectivity index (χ3n) is 9.57. The second-order valence-electron chi connectivity index (χ2n) is 14.5. The number of carbonyl (C=O) groups excluding carboxylic acids is 1. The van der Waals surface area contributed by atoms with E-state index in [4.69, 9.17) is 9.84 Å². The predicted molar refractivity (Wildman–Crippen MR) is 218 cm³/mol. The second-order valence-corrected chi connectivity index (χ2v) is 14.5. The van der Waals surface area contributed by atoms with Crippen LogP contribution in [0.1, 0.15) is 226 Å². The molecule has 0 aromatic rings. The summed E-state index contributed by atoms with van der Waals surface area (Å²) in [5.74, 6) is -0.970. The van der Waals surface area contributed by atoms with Crippen LogP contribution < -0.4 is 0 Å². The van der Waals surface area contributed by atoms with Crippen LogP contribution in [0.5, 0.6) is 0 Å². The normalized spacial score (nSPS) is 12.7. The molecule has 4 nitrogen and oxygen atoms in total. The number of hydrogen-bond acceptors (Lipinski definition) is 3. The number of esters is 1. The summed E-state index contributed by atoms with van der Waals surface area (Å²) in [5, 5.41) is 9.15. The van der Waals surface area contributed by atoms with Crippen LogP contribution in [0.2, 0.25) is 0 Å². The molecule has 50 heavy (non-hydrogen) atoms. The minimum Gasteiger partial charge on any atom is -0.481 e. The van der Waals surface area contributed by atoms with E-state index in [1.54, 1.807) is 0 Å². The standard InChI is InChI=1S/C46H82O4/c1-3-5-7-9-11-13-15-17-19-21-22-23-24-25-27-29-31-33-35-37-39-41-46(49)50-44(42-43-45(47)48)40-38-36-34-32-30-28-26-20-18-16-14-12-10-8-6-4-2/h11,13,17,19,22-23,25,27,44H,3-10,12,14-16,18,20-21,24,26,28-43H2,1-2H3,(H,47,48)/b13-11-,19-17-,23-22-,27-25-. The highest BCUT2D eigenvalue weighted by molar-refractivity contribution is 5.69. The third-order valence-corrected chi connectivity index (χ3v) is 9.57. The zero-order chi connectivity index (χ0) is 36.4. The maximum absolute atomic E-state index is 12.5. The molecule has 1 N–H and O–H groups in total. The number of ether oxygens (including phenoxy) is 1. The smallest absolute Gasteiger partial charge is 0.306 e. The zero-order valence-corrected chi connectivity index (χ0v) is 33.2. The van der Waals surface area contributed by atoms with E-state index < -0.39 is 5.97 Å². The number of unbranched alkanes of at least 4 members (excludes halogenated alkanes) is 23. The Morgan fingerprint density at radius 2 is 0.800 bits per heavy atom. The molecule has 0 radical (unpaired) electrons. The first-order valence-corrected chi connectivity index (χ1v) is 21.6. The van der Waals surface area contributed by atoms with Gasteiger partial charge in [-0.15, -0.1) is 0 Å². The number of carboxylic acids is 1. The van der Waals surface area contributed by atoms with E-state index >= 15 is 0 Å². The lowest BCUT2D eigenvalue weighted by atomic mass is 10.0. The first kappa shape index (κ1) is 47.9. The number of rotatable bonds is 39. The molecular weight excluding hydrogens is 617 g/mol. The molecule has 0 saturated heterocycles. The molecule has 0 aliphatic carbocycles. The van der Waals surface area contributed by atoms with E-state index in [1.165, 1.54) is 128 Å². The lowest BCUT2D eigenvalue weighted by Gasteiger charge is -2.17. The van der Waals surface area contributed by atoms with Gasteiger partial charge in [0.25, 0.3) is 0 Å². The van der Waals surface area contributed by atoms with Crippen LogP contribution in [-0.2, 0) is 14.3 Å². The molecule has 290 valence electrons. The Labute approximate surface area is 311 Å². The van der Waals surface area contributed by atoms with Crippen molar-refractivity contribution < 1.29 is 19.4 Å². The van der Waals surface area contributed by atoms with Gasteiger partial charge in [0.15, 0.2) is 0 Å². The Morgan fingerprint density at radius 1 is 0.440 bits per heavy atom. The minimum atomic E-state index is -0.816. The summed E-state index contributed by atoms with van der Waals surface area (Å²) in [7, 11) is 0. The molecule has 4 heteroatoms. The van der Waals surface area contributed by atoms with Crippen molar-refractivity contribution in [3.05, 3.63) is 48.6 Å². The van der Waals surface area contributed by atoms with Crippen molar-refractivity contribution in [2.75, 3.05) is 0 Å². The molecule has 0 rings (SSSR count). The first-order chi connectivity index (χ1) is 24.6. The fraction of sp³-hybridized carbons (Fsp3) is 0.783. The molecule has 1 atom stereocenters. The van der Waals surface area contributed by atoms with Crippen molar-refractivity contribution in [2.45, 2.75) is 232 Å². The van der Waals surface area contributed by atoms with E-state index in [9.17, 15) is 9.59 Å². The number of hydrogen-bond donors (Lipinski definition) is 1. The molecule has 0 aromatic carbocycles. The highest BCUT2D eigenvalue weighted by atomic mass is 16.5. The van der Waals surface area contributed by atoms with E-state index in [-0.39, 0.29) is 18.5 Å². The monoisotopic (exact) mass is 699 g/mol. The summed E-state index contributed by atoms with van der Waals surface area (Å²) in [4.78, 5) is 23.6. The number of carbonyl (C=O) groups is 2. The zero-order valence-electron chi connectivity index (χ0n) is 33.2. The lowest BCUT2D eigenvalue weighted by Crippen LogP contribution is -2.19. The Morgan fingerprint density at radius 3 is 1.26 bits per heavy atom. The van der Waals surface area contributed by atoms with Crippen LogP contribution in [-0.4, -0.2) is 23.1 Å². The Kier molecular flexibility index (Phi) is 39.6. The van der Waals surface area contributed by atoms with Gasteiger partial charge in [-0.1, -0.05) is 191 Å². The van der Waals surface area contributed by atoms with Crippen molar-refractivity contribution in [1.29, 1.82) is 0 Å². The van der Waals surface area contributed by atoms with E-state index in [0.717, 1.165) is 64.2 Å². The first-order valence-electron chi connectivity index (χ1n) is 21.6. The van der Waals surface area contributed by atoms with Crippen LogP contribution >= 0.6 is 0 Å². The van der Waals surface area contributed by atoms with Gasteiger partial charge in [0.2, 0.25) is 0 Å². The topological polar surface area (TPSA) is 63.6 Å². The van der Waals surface area contributed by atoms with Gasteiger partial charge < -0.3 is 9.84 Å². The van der Waals surface area contributed by atoms with Gasteiger partial charge >= 0.3 is 11.9 Å². The van der Waals surface area contributed by atoms with Gasteiger partial charge in [0.05, 0.1) is 0 Å². The van der Waals surface area contributed by atoms with Crippen LogP contribution in [0.4, 0.5) is 0 Å². The lowest BCUT2D eigenvalue weighted by molar-refractivity contribution is -0.151. The molecular formula is C46H82O4. The van der Waals surface area contributed by atoms with Crippen molar-refractivity contribution in [3.8, 4) is 0 Å². The Balaban J connectivity index is 3.76. The summed E-state index contributed by atoms with van der Waals surface area (Å²) in [6, 6.07) is 0. The molecule has 0 aliphatic heterocycles. The molecule has 0 amide bonds. The third kappa shape index (κ3) is 40.3. The highest BCUT2D eigenvalue weighted by Crippen LogP contribution is 2.18. The van der Waals surface area contributed by atoms with E-state index in [1.807, 2.05) is 0 Å². The summed E-state index contributed by atoms with van der Waals surface area (Å²) in [6.45, 7) is 4.52. The van der Waals surface area contributed by atoms with Crippen molar-refractivity contribution in [3.63, 3.8) is 0 Å². The molecule has 0 spiro atoms. The number of carboxylic acid groups (broad SMARTS) is 1. The molecule has 1 unspecified atom stereocenters. The molecule has 0 heterocycles. The van der Waals surface area contributed by atoms with Gasteiger partial charge in [-0.25, -0.2) is 0 Å². The molecule has 0 aliphatic rings. The SMILES string of the molecule is CCCCC/C=C\C/C=C\C/C=C\C/C=C\CCCCCCCC(=O)OC(CCCCCCCCCCCCCCCCCC)CCC(=O)O. The van der Waals surface area contributed by atoms with Crippen molar-refractivity contribution in [2.24, 2.45) is 0 Å². The quantitative estimate of drug-likeness (QED) is 0.0394. The fourth-order valence-electron chi connectivity index (χ4n) is 6.33. The molecule has 0 fully saturated rings. The average Bonchev–Trinajstić information content (AvgIpc) is 3.10. The van der Waals surface area contributed by atoms with Gasteiger partial charge in [0.1, 0.15) is 6.10 Å². The van der Waals surface area contributed by atoms with Gasteiger partial charge in [0, 0.05) is 12.8 Å². The van der Waals surface area contributed by atoms with Crippen LogP contribution in [0.15, 0.2) is 48.6 Å². The maximum Gasteiger partial charge on any atom is 0.306 e. The van der Waals surface area contributed by atoms with Gasteiger partial charge in [-0.05, 0) is 70.6 Å². The van der Waals surface area contributed by atoms with E-state index in [2.05, 4.69) is 62.5 Å². The second kappa shape index (κ2) is 41.3. The van der Waals surface area contributed by atoms with Crippen LogP contribution in [0.25, 0.3) is 0 Å². The molecule has 0 bridgehead atoms. The predicted octanol–water partition coefficient (Wildman–Crippen LogP) is 15.1. The van der Waals surface area contributed by atoms with Crippen LogP contribution in [0.3, 0.4) is 0 Å². The fourth-order valence-corrected chi connectivity index (χ4v) is 6.33. The summed E-state index contributed by atoms with van der Waals surface area (Å²) in [6.07, 6.45) is 55.6. The number of allylic oxidation sites excluding steroid dienone is 8. The van der Waals surface area contributed by atoms with Gasteiger partial charge in [-0.3, -0.25) is 9.59 Å². The average molecular weight is 699 g/mol. The largest absolute Gasteiger partial charge is 0.481 e. The minimum absolute atomic E-state index is 0.0657. The molecule has 0 aromatic heterocycles. The van der Waals surface area contributed by atoms with Crippen molar-refractivity contribution >= 4 is 11.9 Å². The van der Waals surface area contributed by atoms with Crippen molar-refractivity contribution in [1.82, 2.24) is 0 Å². The molecule has 0 saturated carbocycles. The highest BCUT2D eigenvalue weighted by Gasteiger charge is 2.16. The summed E-state index contributed by atoms with van der Waals surface area (Å²) in [5.41, 5.74) is 0. The summed E-state index contributed by atoms with van der Waals surface area (Å²) < 4.78 is 5.75.